The van der Waals surface area contributed by atoms with Crippen LogP contribution < -0.4 is 10.9 Å². The van der Waals surface area contributed by atoms with Crippen molar-refractivity contribution in [2.24, 2.45) is 5.92 Å². The van der Waals surface area contributed by atoms with Crippen LogP contribution in [0.15, 0.2) is 71.7 Å². The Bertz CT molecular complexity index is 1590. The molecule has 1 saturated heterocycles. The van der Waals surface area contributed by atoms with E-state index in [9.17, 15) is 18.8 Å². The fraction of sp³-hybridized carbons (Fsp3) is 0.185. The minimum Gasteiger partial charge on any atom is -0.350 e. The van der Waals surface area contributed by atoms with Gasteiger partial charge in [0.1, 0.15) is 17.2 Å². The van der Waals surface area contributed by atoms with Crippen LogP contribution >= 0.6 is 11.6 Å². The average Bonchev–Trinajstić information content (AvgIpc) is 3.54. The molecule has 0 spiro atoms. The monoisotopic (exact) mass is 519 g/mol. The maximum Gasteiger partial charge on any atom is 0.272 e. The number of fused-ring (bicyclic) bond motifs is 1. The van der Waals surface area contributed by atoms with E-state index in [1.54, 1.807) is 30.3 Å². The number of H-pyrrole nitrogens is 1. The van der Waals surface area contributed by atoms with Gasteiger partial charge >= 0.3 is 0 Å². The topological polar surface area (TPSA) is 111 Å². The molecule has 3 heterocycles. The van der Waals surface area contributed by atoms with Gasteiger partial charge in [0.25, 0.3) is 17.4 Å². The molecule has 1 unspecified atom stereocenters. The number of nitrogens with one attached hydrogen (secondary N) is 3. The Morgan fingerprint density at radius 1 is 1.14 bits per heavy atom. The second-order valence-corrected chi connectivity index (χ2v) is 9.41. The molecular formula is C27H23ClFN5O3. The van der Waals surface area contributed by atoms with Gasteiger partial charge < -0.3 is 15.2 Å². The summed E-state index contributed by atoms with van der Waals surface area (Å²) >= 11 is 6.00. The first-order chi connectivity index (χ1) is 17.8. The summed E-state index contributed by atoms with van der Waals surface area (Å²) in [6.07, 6.45) is 2.17. The van der Waals surface area contributed by atoms with Gasteiger partial charge in [-0.15, -0.1) is 0 Å². The molecule has 2 aromatic heterocycles. The number of pyridine rings is 1. The highest BCUT2D eigenvalue weighted by atomic mass is 35.5. The van der Waals surface area contributed by atoms with Crippen molar-refractivity contribution >= 4 is 40.0 Å². The van der Waals surface area contributed by atoms with Gasteiger partial charge in [-0.05, 0) is 54.8 Å². The standard InChI is InChI=1S/C27H23ClFN5O3/c28-18-5-4-17-11-23(32-22(17)12-18)26(36)31-14-16-8-10-33(15-16)27(37)25(30)20-7-6-19(13-21(20)29)34-9-2-1-3-24(34)35/h1-7,9,11-13,16,30,32H,8,10,14-15H2,(H,31,36). The van der Waals surface area contributed by atoms with E-state index in [-0.39, 0.29) is 22.9 Å². The number of amides is 2. The number of rotatable bonds is 6. The Morgan fingerprint density at radius 2 is 1.97 bits per heavy atom. The second kappa shape index (κ2) is 10.0. The molecule has 1 aliphatic rings. The Morgan fingerprint density at radius 3 is 2.76 bits per heavy atom. The molecule has 4 aromatic rings. The molecule has 2 amide bonds. The van der Waals surface area contributed by atoms with Gasteiger partial charge in [-0.1, -0.05) is 23.7 Å². The summed E-state index contributed by atoms with van der Waals surface area (Å²) in [5, 5.41) is 12.6. The van der Waals surface area contributed by atoms with Crippen LogP contribution in [0.5, 0.6) is 0 Å². The number of likely N-dealkylation sites (tertiary alicyclic amines) is 1. The lowest BCUT2D eigenvalue weighted by atomic mass is 10.1. The third-order valence-electron chi connectivity index (χ3n) is 6.49. The molecule has 1 fully saturated rings. The Kier molecular flexibility index (Phi) is 6.62. The maximum atomic E-state index is 14.8. The first kappa shape index (κ1) is 24.5. The van der Waals surface area contributed by atoms with Crippen molar-refractivity contribution < 1.29 is 14.0 Å². The van der Waals surface area contributed by atoms with Gasteiger partial charge in [0.05, 0.1) is 5.69 Å². The molecule has 3 N–H and O–H groups in total. The summed E-state index contributed by atoms with van der Waals surface area (Å²) in [4.78, 5) is 42.1. The quantitative estimate of drug-likeness (QED) is 0.337. The molecule has 1 atom stereocenters. The van der Waals surface area contributed by atoms with Crippen LogP contribution in [0.1, 0.15) is 22.5 Å². The highest BCUT2D eigenvalue weighted by Crippen LogP contribution is 2.21. The summed E-state index contributed by atoms with van der Waals surface area (Å²) < 4.78 is 16.1. The SMILES string of the molecule is N=C(C(=O)N1CCC(CNC(=O)c2cc3ccc(Cl)cc3[nH]2)C1)c1ccc(-n2ccccc2=O)cc1F. The van der Waals surface area contributed by atoms with E-state index >= 15 is 0 Å². The highest BCUT2D eigenvalue weighted by Gasteiger charge is 2.30. The molecule has 0 bridgehead atoms. The first-order valence-electron chi connectivity index (χ1n) is 11.7. The predicted octanol–water partition coefficient (Wildman–Crippen LogP) is 3.76. The van der Waals surface area contributed by atoms with Crippen molar-refractivity contribution in [1.82, 2.24) is 19.8 Å². The molecule has 1 aliphatic heterocycles. The van der Waals surface area contributed by atoms with Gasteiger partial charge in [-0.2, -0.15) is 0 Å². The van der Waals surface area contributed by atoms with Crippen molar-refractivity contribution in [2.75, 3.05) is 19.6 Å². The van der Waals surface area contributed by atoms with Crippen molar-refractivity contribution in [3.63, 3.8) is 0 Å². The zero-order valence-corrected chi connectivity index (χ0v) is 20.4. The van der Waals surface area contributed by atoms with E-state index in [4.69, 9.17) is 17.0 Å². The molecule has 0 radical (unpaired) electrons. The van der Waals surface area contributed by atoms with Crippen LogP contribution in [-0.4, -0.2) is 51.6 Å². The third-order valence-corrected chi connectivity index (χ3v) is 6.73. The summed E-state index contributed by atoms with van der Waals surface area (Å²) in [7, 11) is 0. The van der Waals surface area contributed by atoms with E-state index in [0.717, 1.165) is 17.0 Å². The van der Waals surface area contributed by atoms with Crippen LogP contribution in [0.2, 0.25) is 5.02 Å². The van der Waals surface area contributed by atoms with Crippen molar-refractivity contribution in [3.05, 3.63) is 99.3 Å². The molecule has 8 nitrogen and oxygen atoms in total. The molecule has 37 heavy (non-hydrogen) atoms. The lowest BCUT2D eigenvalue weighted by molar-refractivity contribution is -0.123. The zero-order chi connectivity index (χ0) is 26.1. The molecule has 5 rings (SSSR count). The number of halogens is 2. The molecule has 10 heteroatoms. The van der Waals surface area contributed by atoms with Crippen LogP contribution in [0.4, 0.5) is 4.39 Å². The van der Waals surface area contributed by atoms with E-state index in [0.29, 0.717) is 42.5 Å². The van der Waals surface area contributed by atoms with Crippen LogP contribution in [0.3, 0.4) is 0 Å². The fourth-order valence-electron chi connectivity index (χ4n) is 4.51. The van der Waals surface area contributed by atoms with E-state index in [1.807, 2.05) is 6.07 Å². The van der Waals surface area contributed by atoms with Crippen LogP contribution in [0, 0.1) is 17.1 Å². The number of aromatic amines is 1. The largest absolute Gasteiger partial charge is 0.350 e. The number of benzene rings is 2. The van der Waals surface area contributed by atoms with Crippen molar-refractivity contribution in [3.8, 4) is 5.69 Å². The summed E-state index contributed by atoms with van der Waals surface area (Å²) in [5.74, 6) is -1.58. The van der Waals surface area contributed by atoms with E-state index in [2.05, 4.69) is 10.3 Å². The predicted molar refractivity (Wildman–Crippen MR) is 139 cm³/mol. The molecule has 2 aromatic carbocycles. The summed E-state index contributed by atoms with van der Waals surface area (Å²) in [5.41, 5.74) is 0.595. The van der Waals surface area contributed by atoms with Gasteiger partial charge in [0.2, 0.25) is 0 Å². The van der Waals surface area contributed by atoms with Gasteiger partial charge in [-0.25, -0.2) is 4.39 Å². The third kappa shape index (κ3) is 5.03. The number of nitrogens with zero attached hydrogens (tertiary/aromatic N) is 2. The normalized spacial score (nSPS) is 15.2. The molecule has 0 aliphatic carbocycles. The number of aromatic nitrogens is 2. The highest BCUT2D eigenvalue weighted by molar-refractivity contribution is 6.44. The molecule has 0 saturated carbocycles. The lowest BCUT2D eigenvalue weighted by Crippen LogP contribution is -2.37. The Labute approximate surface area is 216 Å². The zero-order valence-electron chi connectivity index (χ0n) is 19.6. The maximum absolute atomic E-state index is 14.8. The number of hydrogen-bond acceptors (Lipinski definition) is 4. The Balaban J connectivity index is 1.19. The van der Waals surface area contributed by atoms with Crippen molar-refractivity contribution in [2.45, 2.75) is 6.42 Å². The smallest absolute Gasteiger partial charge is 0.272 e. The van der Waals surface area contributed by atoms with Crippen LogP contribution in [0.25, 0.3) is 16.6 Å². The van der Waals surface area contributed by atoms with Crippen LogP contribution in [-0.2, 0) is 4.79 Å². The van der Waals surface area contributed by atoms with Gasteiger partial charge in [0, 0.05) is 53.4 Å². The fourth-order valence-corrected chi connectivity index (χ4v) is 4.68. The minimum atomic E-state index is -0.755. The van der Waals surface area contributed by atoms with Gasteiger partial charge in [-0.3, -0.25) is 24.4 Å². The number of hydrogen-bond donors (Lipinski definition) is 3. The summed E-state index contributed by atoms with van der Waals surface area (Å²) in [6.45, 7) is 1.12. The van der Waals surface area contributed by atoms with E-state index < -0.39 is 17.4 Å². The Hall–Kier alpha value is -4.24. The minimum absolute atomic E-state index is 0.0108. The number of carbonyl (C=O) groups excluding carboxylic acids is 2. The summed E-state index contributed by atoms with van der Waals surface area (Å²) in [6, 6.07) is 15.7. The van der Waals surface area contributed by atoms with Gasteiger partial charge in [0.15, 0.2) is 0 Å². The lowest BCUT2D eigenvalue weighted by Gasteiger charge is -2.18. The van der Waals surface area contributed by atoms with E-state index in [1.165, 1.54) is 33.9 Å². The molecule has 188 valence electrons. The average molecular weight is 520 g/mol. The first-order valence-corrected chi connectivity index (χ1v) is 12.1. The van der Waals surface area contributed by atoms with Crippen molar-refractivity contribution in [1.29, 1.82) is 5.41 Å². The number of carbonyl (C=O) groups is 2. The molecular weight excluding hydrogens is 497 g/mol. The second-order valence-electron chi connectivity index (χ2n) is 8.98.